The molecular weight excluding hydrogens is 238 g/mol. The minimum absolute atomic E-state index is 0.439. The summed E-state index contributed by atoms with van der Waals surface area (Å²) in [5.41, 5.74) is 0. The Morgan fingerprint density at radius 2 is 1.95 bits per heavy atom. The number of hydrogen-bond donors (Lipinski definition) is 1. The van der Waals surface area contributed by atoms with E-state index in [1.807, 2.05) is 0 Å². The Bertz CT molecular complexity index is 272. The highest BCUT2D eigenvalue weighted by Gasteiger charge is 2.34. The summed E-state index contributed by atoms with van der Waals surface area (Å²) in [6.07, 6.45) is 3.34. The van der Waals surface area contributed by atoms with Crippen molar-refractivity contribution in [2.24, 2.45) is 5.92 Å². The van der Waals surface area contributed by atoms with E-state index in [4.69, 9.17) is 4.74 Å². The molecule has 2 saturated heterocycles. The topological polar surface area (TPSA) is 27.7 Å². The third kappa shape index (κ3) is 4.15. The first-order valence-corrected chi connectivity index (χ1v) is 7.85. The van der Waals surface area contributed by atoms with E-state index in [1.165, 1.54) is 25.9 Å². The van der Waals surface area contributed by atoms with Gasteiger partial charge in [0, 0.05) is 32.2 Å². The summed E-state index contributed by atoms with van der Waals surface area (Å²) in [7, 11) is 4.40. The van der Waals surface area contributed by atoms with E-state index in [9.17, 15) is 0 Å². The Morgan fingerprint density at radius 3 is 2.58 bits per heavy atom. The maximum Gasteiger partial charge on any atom is 0.0707 e. The SMILES string of the molecule is CCNCC1CCC(CN2CC(C)C(N(C)C)C2)O1. The predicted molar refractivity (Wildman–Crippen MR) is 79.5 cm³/mol. The van der Waals surface area contributed by atoms with Crippen LogP contribution in [0.3, 0.4) is 0 Å². The van der Waals surface area contributed by atoms with Crippen molar-refractivity contribution >= 4 is 0 Å². The molecule has 19 heavy (non-hydrogen) atoms. The molecule has 4 nitrogen and oxygen atoms in total. The van der Waals surface area contributed by atoms with E-state index >= 15 is 0 Å². The monoisotopic (exact) mass is 269 g/mol. The third-order valence-electron chi connectivity index (χ3n) is 4.59. The molecule has 0 aliphatic carbocycles. The second kappa shape index (κ2) is 7.02. The average molecular weight is 269 g/mol. The standard InChI is InChI=1S/C15H31N3O/c1-5-16-8-13-6-7-14(19-13)10-18-9-12(2)15(11-18)17(3)4/h12-16H,5-11H2,1-4H3. The van der Waals surface area contributed by atoms with Gasteiger partial charge in [-0.25, -0.2) is 0 Å². The smallest absolute Gasteiger partial charge is 0.0707 e. The van der Waals surface area contributed by atoms with E-state index < -0.39 is 0 Å². The molecule has 2 aliphatic heterocycles. The van der Waals surface area contributed by atoms with Gasteiger partial charge in [0.25, 0.3) is 0 Å². The summed E-state index contributed by atoms with van der Waals surface area (Å²) in [4.78, 5) is 4.96. The molecule has 0 aromatic carbocycles. The quantitative estimate of drug-likeness (QED) is 0.779. The van der Waals surface area contributed by atoms with E-state index in [0.717, 1.165) is 25.6 Å². The Hall–Kier alpha value is -0.160. The van der Waals surface area contributed by atoms with Crippen LogP contribution in [0.25, 0.3) is 0 Å². The van der Waals surface area contributed by atoms with Gasteiger partial charge in [-0.05, 0) is 39.4 Å². The highest BCUT2D eigenvalue weighted by molar-refractivity contribution is 4.88. The van der Waals surface area contributed by atoms with Crippen LogP contribution in [0, 0.1) is 5.92 Å². The number of nitrogens with zero attached hydrogens (tertiary/aromatic N) is 2. The number of ether oxygens (including phenoxy) is 1. The number of hydrogen-bond acceptors (Lipinski definition) is 4. The minimum atomic E-state index is 0.439. The van der Waals surface area contributed by atoms with Gasteiger partial charge in [0.1, 0.15) is 0 Å². The van der Waals surface area contributed by atoms with Gasteiger partial charge in [-0.2, -0.15) is 0 Å². The average Bonchev–Trinajstić information content (AvgIpc) is 2.94. The lowest BCUT2D eigenvalue weighted by Gasteiger charge is -2.23. The Morgan fingerprint density at radius 1 is 1.21 bits per heavy atom. The van der Waals surface area contributed by atoms with Gasteiger partial charge in [0.05, 0.1) is 12.2 Å². The zero-order chi connectivity index (χ0) is 13.8. The van der Waals surface area contributed by atoms with Gasteiger partial charge in [0.15, 0.2) is 0 Å². The Kier molecular flexibility index (Phi) is 5.63. The van der Waals surface area contributed by atoms with Crippen LogP contribution in [-0.2, 0) is 4.74 Å². The van der Waals surface area contributed by atoms with E-state index in [0.29, 0.717) is 18.2 Å². The van der Waals surface area contributed by atoms with Crippen molar-refractivity contribution in [3.05, 3.63) is 0 Å². The van der Waals surface area contributed by atoms with Crippen molar-refractivity contribution < 1.29 is 4.74 Å². The Labute approximate surface area is 118 Å². The summed E-state index contributed by atoms with van der Waals surface area (Å²) in [6, 6.07) is 0.707. The lowest BCUT2D eigenvalue weighted by atomic mass is 10.1. The molecule has 4 atom stereocenters. The van der Waals surface area contributed by atoms with Crippen molar-refractivity contribution in [3.63, 3.8) is 0 Å². The van der Waals surface area contributed by atoms with Crippen LogP contribution >= 0.6 is 0 Å². The van der Waals surface area contributed by atoms with Gasteiger partial charge in [-0.1, -0.05) is 13.8 Å². The van der Waals surface area contributed by atoms with Crippen molar-refractivity contribution in [1.82, 2.24) is 15.1 Å². The molecule has 1 N–H and O–H groups in total. The van der Waals surface area contributed by atoms with Crippen molar-refractivity contribution in [3.8, 4) is 0 Å². The van der Waals surface area contributed by atoms with Crippen molar-refractivity contribution in [1.29, 1.82) is 0 Å². The van der Waals surface area contributed by atoms with Gasteiger partial charge < -0.3 is 15.0 Å². The Balaban J connectivity index is 1.71. The van der Waals surface area contributed by atoms with Crippen molar-refractivity contribution in [2.45, 2.75) is 44.9 Å². The molecule has 0 bridgehead atoms. The third-order valence-corrected chi connectivity index (χ3v) is 4.59. The van der Waals surface area contributed by atoms with Crippen LogP contribution in [0.5, 0.6) is 0 Å². The first kappa shape index (κ1) is 15.2. The molecule has 2 heterocycles. The maximum absolute atomic E-state index is 6.14. The molecular formula is C15H31N3O. The summed E-state index contributed by atoms with van der Waals surface area (Å²) in [5, 5.41) is 3.39. The normalized spacial score (nSPS) is 36.5. The molecule has 0 aromatic rings. The van der Waals surface area contributed by atoms with E-state index in [2.05, 4.69) is 43.1 Å². The highest BCUT2D eigenvalue weighted by Crippen LogP contribution is 2.24. The lowest BCUT2D eigenvalue weighted by molar-refractivity contribution is 0.0266. The first-order chi connectivity index (χ1) is 9.10. The summed E-state index contributed by atoms with van der Waals surface area (Å²) >= 11 is 0. The molecule has 2 fully saturated rings. The molecule has 0 spiro atoms. The van der Waals surface area contributed by atoms with Crippen molar-refractivity contribution in [2.75, 3.05) is 46.8 Å². The van der Waals surface area contributed by atoms with Crippen LogP contribution in [0.2, 0.25) is 0 Å². The molecule has 4 unspecified atom stereocenters. The van der Waals surface area contributed by atoms with Gasteiger partial charge in [-0.15, -0.1) is 0 Å². The van der Waals surface area contributed by atoms with Gasteiger partial charge in [0.2, 0.25) is 0 Å². The van der Waals surface area contributed by atoms with Crippen LogP contribution in [-0.4, -0.2) is 74.9 Å². The minimum Gasteiger partial charge on any atom is -0.372 e. The number of likely N-dealkylation sites (N-methyl/N-ethyl adjacent to an activating group) is 2. The second-order valence-corrected chi connectivity index (χ2v) is 6.49. The maximum atomic E-state index is 6.14. The van der Waals surface area contributed by atoms with Crippen LogP contribution in [0.1, 0.15) is 26.7 Å². The zero-order valence-electron chi connectivity index (χ0n) is 13.1. The largest absolute Gasteiger partial charge is 0.372 e. The second-order valence-electron chi connectivity index (χ2n) is 6.49. The summed E-state index contributed by atoms with van der Waals surface area (Å²) in [6.45, 7) is 10.1. The molecule has 4 heteroatoms. The fourth-order valence-corrected chi connectivity index (χ4v) is 3.53. The fourth-order valence-electron chi connectivity index (χ4n) is 3.53. The highest BCUT2D eigenvalue weighted by atomic mass is 16.5. The predicted octanol–water partition coefficient (Wildman–Crippen LogP) is 1.03. The van der Waals surface area contributed by atoms with Crippen LogP contribution in [0.15, 0.2) is 0 Å². The number of rotatable bonds is 6. The molecule has 0 amide bonds. The number of likely N-dealkylation sites (tertiary alicyclic amines) is 1. The molecule has 0 saturated carbocycles. The summed E-state index contributed by atoms with van der Waals surface area (Å²) < 4.78 is 6.14. The lowest BCUT2D eigenvalue weighted by Crippen LogP contribution is -2.36. The summed E-state index contributed by atoms with van der Waals surface area (Å²) in [5.74, 6) is 0.772. The molecule has 0 radical (unpaired) electrons. The van der Waals surface area contributed by atoms with Crippen LogP contribution in [0.4, 0.5) is 0 Å². The molecule has 2 aliphatic rings. The zero-order valence-corrected chi connectivity index (χ0v) is 13.1. The van der Waals surface area contributed by atoms with E-state index in [1.54, 1.807) is 0 Å². The number of nitrogens with one attached hydrogen (secondary N) is 1. The first-order valence-electron chi connectivity index (χ1n) is 7.85. The molecule has 0 aromatic heterocycles. The fraction of sp³-hybridized carbons (Fsp3) is 1.00. The molecule has 2 rings (SSSR count). The van der Waals surface area contributed by atoms with Gasteiger partial charge >= 0.3 is 0 Å². The van der Waals surface area contributed by atoms with Crippen LogP contribution < -0.4 is 5.32 Å². The van der Waals surface area contributed by atoms with Gasteiger partial charge in [-0.3, -0.25) is 4.90 Å². The molecule has 112 valence electrons. The van der Waals surface area contributed by atoms with E-state index in [-0.39, 0.29) is 0 Å².